The van der Waals surface area contributed by atoms with Crippen LogP contribution in [0.1, 0.15) is 39.5 Å². The summed E-state index contributed by atoms with van der Waals surface area (Å²) in [7, 11) is 0. The second kappa shape index (κ2) is 8.59. The minimum atomic E-state index is -0.231. The fourth-order valence-corrected chi connectivity index (χ4v) is 2.87. The molecule has 122 valence electrons. The summed E-state index contributed by atoms with van der Waals surface area (Å²) in [5.41, 5.74) is 0. The van der Waals surface area contributed by atoms with Crippen LogP contribution in [0.2, 0.25) is 0 Å². The largest absolute Gasteiger partial charge is 0.341 e. The standard InChI is InChI=1S/C15H27N3O2.ClH/c1-3-17(4-2)15(20)13-6-5-9-18(13)14(19)11-16-10-12-7-8-12;/h12-13,16H,3-11H2,1-2H3;1H. The van der Waals surface area contributed by atoms with E-state index in [0.717, 1.165) is 31.8 Å². The van der Waals surface area contributed by atoms with E-state index < -0.39 is 0 Å². The predicted molar refractivity (Wildman–Crippen MR) is 85.5 cm³/mol. The Morgan fingerprint density at radius 1 is 1.19 bits per heavy atom. The molecule has 1 atom stereocenters. The Labute approximate surface area is 133 Å². The van der Waals surface area contributed by atoms with Gasteiger partial charge in [0.15, 0.2) is 0 Å². The van der Waals surface area contributed by atoms with E-state index in [9.17, 15) is 9.59 Å². The van der Waals surface area contributed by atoms with E-state index in [2.05, 4.69) is 5.32 Å². The van der Waals surface area contributed by atoms with Crippen LogP contribution in [0, 0.1) is 5.92 Å². The van der Waals surface area contributed by atoms with Crippen molar-refractivity contribution < 1.29 is 9.59 Å². The van der Waals surface area contributed by atoms with Gasteiger partial charge in [-0.25, -0.2) is 0 Å². The molecule has 1 saturated carbocycles. The number of hydrogen-bond donors (Lipinski definition) is 1. The average molecular weight is 318 g/mol. The van der Waals surface area contributed by atoms with Crippen LogP contribution in [0.4, 0.5) is 0 Å². The van der Waals surface area contributed by atoms with Gasteiger partial charge in [-0.15, -0.1) is 12.4 Å². The van der Waals surface area contributed by atoms with Gasteiger partial charge in [-0.3, -0.25) is 9.59 Å². The Morgan fingerprint density at radius 2 is 1.86 bits per heavy atom. The van der Waals surface area contributed by atoms with Crippen LogP contribution in [0.3, 0.4) is 0 Å². The molecule has 1 N–H and O–H groups in total. The zero-order valence-corrected chi connectivity index (χ0v) is 14.0. The molecule has 2 fully saturated rings. The number of nitrogens with zero attached hydrogens (tertiary/aromatic N) is 2. The zero-order valence-electron chi connectivity index (χ0n) is 13.1. The Kier molecular flexibility index (Phi) is 7.46. The second-order valence-corrected chi connectivity index (χ2v) is 5.83. The fourth-order valence-electron chi connectivity index (χ4n) is 2.87. The highest BCUT2D eigenvalue weighted by Crippen LogP contribution is 2.27. The predicted octanol–water partition coefficient (Wildman–Crippen LogP) is 1.27. The maximum absolute atomic E-state index is 12.4. The Balaban J connectivity index is 0.00000220. The number of amides is 2. The number of likely N-dealkylation sites (N-methyl/N-ethyl adjacent to an activating group) is 1. The van der Waals surface area contributed by atoms with E-state index in [1.165, 1.54) is 12.8 Å². The van der Waals surface area contributed by atoms with Gasteiger partial charge in [0, 0.05) is 19.6 Å². The lowest BCUT2D eigenvalue weighted by Crippen LogP contribution is -2.49. The Hall–Kier alpha value is -0.810. The molecule has 0 aromatic heterocycles. The number of carbonyl (C=O) groups is 2. The maximum Gasteiger partial charge on any atom is 0.245 e. The third-order valence-corrected chi connectivity index (χ3v) is 4.34. The molecular formula is C15H28ClN3O2. The number of likely N-dealkylation sites (tertiary alicyclic amines) is 1. The summed E-state index contributed by atoms with van der Waals surface area (Å²) < 4.78 is 0. The van der Waals surface area contributed by atoms with Crippen LogP contribution < -0.4 is 5.32 Å². The monoisotopic (exact) mass is 317 g/mol. The highest BCUT2D eigenvalue weighted by atomic mass is 35.5. The first kappa shape index (κ1) is 18.2. The van der Waals surface area contributed by atoms with Gasteiger partial charge in [0.05, 0.1) is 6.54 Å². The van der Waals surface area contributed by atoms with Crippen molar-refractivity contribution in [1.82, 2.24) is 15.1 Å². The molecule has 1 heterocycles. The number of halogens is 1. The van der Waals surface area contributed by atoms with Crippen LogP contribution >= 0.6 is 12.4 Å². The van der Waals surface area contributed by atoms with Crippen molar-refractivity contribution in [2.45, 2.75) is 45.6 Å². The molecular weight excluding hydrogens is 290 g/mol. The van der Waals surface area contributed by atoms with Crippen LogP contribution in [0.5, 0.6) is 0 Å². The van der Waals surface area contributed by atoms with Crippen molar-refractivity contribution in [2.75, 3.05) is 32.7 Å². The SMILES string of the molecule is CCN(CC)C(=O)C1CCCN1C(=O)CNCC1CC1.Cl. The summed E-state index contributed by atoms with van der Waals surface area (Å²) in [5.74, 6) is 0.964. The molecule has 1 aliphatic heterocycles. The molecule has 5 nitrogen and oxygen atoms in total. The summed E-state index contributed by atoms with van der Waals surface area (Å²) in [6.07, 6.45) is 4.32. The number of rotatable bonds is 7. The van der Waals surface area contributed by atoms with Gasteiger partial charge < -0.3 is 15.1 Å². The minimum absolute atomic E-state index is 0. The molecule has 2 rings (SSSR count). The molecule has 2 amide bonds. The molecule has 1 saturated heterocycles. The fraction of sp³-hybridized carbons (Fsp3) is 0.867. The molecule has 0 aromatic carbocycles. The highest BCUT2D eigenvalue weighted by molar-refractivity contribution is 5.89. The summed E-state index contributed by atoms with van der Waals surface area (Å²) in [6, 6.07) is -0.231. The van der Waals surface area contributed by atoms with Crippen molar-refractivity contribution >= 4 is 24.2 Å². The summed E-state index contributed by atoms with van der Waals surface area (Å²) in [4.78, 5) is 28.3. The van der Waals surface area contributed by atoms with Gasteiger partial charge in [0.2, 0.25) is 11.8 Å². The van der Waals surface area contributed by atoms with Gasteiger partial charge in [-0.05, 0) is 52.0 Å². The number of carbonyl (C=O) groups excluding carboxylic acids is 2. The first-order valence-corrected chi connectivity index (χ1v) is 7.96. The molecule has 0 bridgehead atoms. The van der Waals surface area contributed by atoms with Crippen LogP contribution in [-0.4, -0.2) is 60.4 Å². The van der Waals surface area contributed by atoms with Crippen molar-refractivity contribution in [3.05, 3.63) is 0 Å². The number of hydrogen-bond acceptors (Lipinski definition) is 3. The lowest BCUT2D eigenvalue weighted by Gasteiger charge is -2.29. The molecule has 6 heteroatoms. The van der Waals surface area contributed by atoms with E-state index in [1.54, 1.807) is 4.90 Å². The topological polar surface area (TPSA) is 52.7 Å². The summed E-state index contributed by atoms with van der Waals surface area (Å²) in [5, 5.41) is 3.22. The Morgan fingerprint density at radius 3 is 2.43 bits per heavy atom. The molecule has 1 unspecified atom stereocenters. The third kappa shape index (κ3) is 4.85. The lowest BCUT2D eigenvalue weighted by atomic mass is 10.2. The van der Waals surface area contributed by atoms with Gasteiger partial charge in [0.25, 0.3) is 0 Å². The molecule has 21 heavy (non-hydrogen) atoms. The zero-order chi connectivity index (χ0) is 14.5. The van der Waals surface area contributed by atoms with Crippen molar-refractivity contribution in [1.29, 1.82) is 0 Å². The molecule has 0 spiro atoms. The average Bonchev–Trinajstić information content (AvgIpc) is 3.13. The smallest absolute Gasteiger partial charge is 0.245 e. The van der Waals surface area contributed by atoms with Crippen molar-refractivity contribution in [3.63, 3.8) is 0 Å². The maximum atomic E-state index is 12.4. The molecule has 2 aliphatic rings. The van der Waals surface area contributed by atoms with Gasteiger partial charge in [-0.2, -0.15) is 0 Å². The molecule has 1 aliphatic carbocycles. The van der Waals surface area contributed by atoms with E-state index in [1.807, 2.05) is 18.7 Å². The van der Waals surface area contributed by atoms with E-state index >= 15 is 0 Å². The van der Waals surface area contributed by atoms with Gasteiger partial charge in [0.1, 0.15) is 6.04 Å². The van der Waals surface area contributed by atoms with Crippen molar-refractivity contribution in [2.24, 2.45) is 5.92 Å². The quantitative estimate of drug-likeness (QED) is 0.769. The normalized spacial score (nSPS) is 21.0. The van der Waals surface area contributed by atoms with Crippen molar-refractivity contribution in [3.8, 4) is 0 Å². The summed E-state index contributed by atoms with van der Waals surface area (Å²) >= 11 is 0. The molecule has 0 aromatic rings. The lowest BCUT2D eigenvalue weighted by molar-refractivity contribution is -0.143. The van der Waals surface area contributed by atoms with E-state index in [-0.39, 0.29) is 30.3 Å². The van der Waals surface area contributed by atoms with E-state index in [0.29, 0.717) is 19.6 Å². The minimum Gasteiger partial charge on any atom is -0.341 e. The Bertz CT molecular complexity index is 357. The number of nitrogens with one attached hydrogen (secondary N) is 1. The highest BCUT2D eigenvalue weighted by Gasteiger charge is 2.35. The summed E-state index contributed by atoms with van der Waals surface area (Å²) in [6.45, 7) is 7.44. The van der Waals surface area contributed by atoms with E-state index in [4.69, 9.17) is 0 Å². The van der Waals surface area contributed by atoms with Crippen LogP contribution in [0.15, 0.2) is 0 Å². The first-order chi connectivity index (χ1) is 9.67. The van der Waals surface area contributed by atoms with Gasteiger partial charge in [-0.1, -0.05) is 0 Å². The van der Waals surface area contributed by atoms with Gasteiger partial charge >= 0.3 is 0 Å². The molecule has 0 radical (unpaired) electrons. The first-order valence-electron chi connectivity index (χ1n) is 7.96. The van der Waals surface area contributed by atoms with Crippen LogP contribution in [-0.2, 0) is 9.59 Å². The third-order valence-electron chi connectivity index (χ3n) is 4.34. The van der Waals surface area contributed by atoms with Crippen LogP contribution in [0.25, 0.3) is 0 Å². The second-order valence-electron chi connectivity index (χ2n) is 5.83.